The normalized spacial score (nSPS) is 32.4. The number of H-pyrrole nitrogens is 1. The molecule has 2 unspecified atom stereocenters. The molecule has 2 heterocycles. The van der Waals surface area contributed by atoms with Crippen molar-refractivity contribution < 1.29 is 4.79 Å². The van der Waals surface area contributed by atoms with Crippen molar-refractivity contribution in [2.75, 3.05) is 0 Å². The molecule has 7 rings (SSSR count). The summed E-state index contributed by atoms with van der Waals surface area (Å²) in [5.74, 6) is 1.24. The number of nitrogens with zero attached hydrogens (tertiary/aromatic N) is 5. The summed E-state index contributed by atoms with van der Waals surface area (Å²) in [7, 11) is 0. The fourth-order valence-corrected chi connectivity index (χ4v) is 6.51. The fraction of sp³-hybridized carbons (Fsp3) is 0.476. The van der Waals surface area contributed by atoms with Gasteiger partial charge in [0, 0.05) is 17.3 Å². The SMILES string of the molecule is O=C(NC12C[C@H]3C[C@@H](C1)CC(n1ncnn1)(C3)C2)c1ccc(-c2ccn[nH]2)cc1. The number of amides is 1. The maximum atomic E-state index is 13.1. The molecule has 4 saturated carbocycles. The van der Waals surface area contributed by atoms with Gasteiger partial charge in [-0.15, -0.1) is 10.2 Å². The Balaban J connectivity index is 1.26. The van der Waals surface area contributed by atoms with Crippen molar-refractivity contribution in [3.8, 4) is 11.3 Å². The van der Waals surface area contributed by atoms with E-state index >= 15 is 0 Å². The molecular formula is C21H23N7O. The van der Waals surface area contributed by atoms with Gasteiger partial charge in [0.1, 0.15) is 0 Å². The second-order valence-corrected chi connectivity index (χ2v) is 9.19. The minimum Gasteiger partial charge on any atom is -0.346 e. The highest BCUT2D eigenvalue weighted by Gasteiger charge is 2.60. The number of hydrogen-bond acceptors (Lipinski definition) is 5. The molecular weight excluding hydrogens is 366 g/mol. The predicted octanol–water partition coefficient (Wildman–Crippen LogP) is 2.54. The van der Waals surface area contributed by atoms with Crippen LogP contribution in [0.4, 0.5) is 0 Å². The Labute approximate surface area is 168 Å². The molecule has 0 spiro atoms. The summed E-state index contributed by atoms with van der Waals surface area (Å²) >= 11 is 0. The van der Waals surface area contributed by atoms with Crippen LogP contribution in [0.2, 0.25) is 0 Å². The van der Waals surface area contributed by atoms with E-state index in [1.807, 2.05) is 35.1 Å². The van der Waals surface area contributed by atoms with E-state index in [-0.39, 0.29) is 17.0 Å². The second kappa shape index (κ2) is 5.98. The van der Waals surface area contributed by atoms with Gasteiger partial charge < -0.3 is 5.32 Å². The molecule has 4 aliphatic rings. The highest BCUT2D eigenvalue weighted by atomic mass is 16.1. The first-order valence-corrected chi connectivity index (χ1v) is 10.3. The van der Waals surface area contributed by atoms with Gasteiger partial charge in [-0.2, -0.15) is 9.90 Å². The van der Waals surface area contributed by atoms with Gasteiger partial charge in [0.2, 0.25) is 0 Å². The summed E-state index contributed by atoms with van der Waals surface area (Å²) < 4.78 is 0. The Kier molecular flexibility index (Phi) is 3.48. The lowest BCUT2D eigenvalue weighted by molar-refractivity contribution is -0.0810. The van der Waals surface area contributed by atoms with E-state index in [9.17, 15) is 4.79 Å². The van der Waals surface area contributed by atoms with E-state index in [4.69, 9.17) is 0 Å². The summed E-state index contributed by atoms with van der Waals surface area (Å²) in [6.07, 6.45) is 9.69. The summed E-state index contributed by atoms with van der Waals surface area (Å²) in [6.45, 7) is 0. The van der Waals surface area contributed by atoms with Crippen molar-refractivity contribution in [2.45, 2.75) is 49.6 Å². The zero-order valence-corrected chi connectivity index (χ0v) is 16.1. The first kappa shape index (κ1) is 16.9. The van der Waals surface area contributed by atoms with Crippen molar-refractivity contribution in [3.05, 3.63) is 48.4 Å². The van der Waals surface area contributed by atoms with E-state index in [0.29, 0.717) is 17.4 Å². The Morgan fingerprint density at radius 1 is 1.10 bits per heavy atom. The van der Waals surface area contributed by atoms with Gasteiger partial charge in [-0.25, -0.2) is 0 Å². The zero-order chi connectivity index (χ0) is 19.5. The largest absolute Gasteiger partial charge is 0.346 e. The van der Waals surface area contributed by atoms with Crippen LogP contribution in [-0.2, 0) is 5.54 Å². The molecule has 148 valence electrons. The summed E-state index contributed by atoms with van der Waals surface area (Å²) in [4.78, 5) is 15.0. The molecule has 0 radical (unpaired) electrons. The molecule has 8 nitrogen and oxygen atoms in total. The van der Waals surface area contributed by atoms with E-state index in [0.717, 1.165) is 43.4 Å². The number of hydrogen-bond donors (Lipinski definition) is 2. The number of carbonyl (C=O) groups is 1. The van der Waals surface area contributed by atoms with Crippen LogP contribution in [-0.4, -0.2) is 41.9 Å². The van der Waals surface area contributed by atoms with Gasteiger partial charge >= 0.3 is 0 Å². The van der Waals surface area contributed by atoms with Crippen LogP contribution >= 0.6 is 0 Å². The molecule has 4 aliphatic carbocycles. The highest BCUT2D eigenvalue weighted by molar-refractivity contribution is 5.95. The first-order chi connectivity index (χ1) is 14.1. The number of nitrogens with one attached hydrogen (secondary N) is 2. The molecule has 1 aromatic carbocycles. The van der Waals surface area contributed by atoms with Crippen LogP contribution in [0.1, 0.15) is 48.9 Å². The maximum Gasteiger partial charge on any atom is 0.251 e. The second-order valence-electron chi connectivity index (χ2n) is 9.19. The summed E-state index contributed by atoms with van der Waals surface area (Å²) in [6, 6.07) is 9.62. The Morgan fingerprint density at radius 2 is 1.90 bits per heavy atom. The third-order valence-corrected chi connectivity index (χ3v) is 7.14. The first-order valence-electron chi connectivity index (χ1n) is 10.3. The van der Waals surface area contributed by atoms with Crippen LogP contribution in [0.5, 0.6) is 0 Å². The van der Waals surface area contributed by atoms with Crippen molar-refractivity contribution in [1.29, 1.82) is 0 Å². The standard InChI is InChI=1S/C21H23N7O/c29-19(17-3-1-16(2-4-17)18-5-6-22-26-18)25-20-8-14-7-15(9-20)11-21(10-14,12-20)28-24-13-23-27-28/h1-6,13-15H,7-12H2,(H,22,26)(H,25,29)/t14-,15+,20?,21?. The molecule has 29 heavy (non-hydrogen) atoms. The van der Waals surface area contributed by atoms with Crippen LogP contribution in [0.3, 0.4) is 0 Å². The molecule has 4 fully saturated rings. The third-order valence-electron chi connectivity index (χ3n) is 7.14. The fourth-order valence-electron chi connectivity index (χ4n) is 6.51. The van der Waals surface area contributed by atoms with Crippen LogP contribution in [0.15, 0.2) is 42.9 Å². The van der Waals surface area contributed by atoms with E-state index in [2.05, 4.69) is 30.9 Å². The lowest BCUT2D eigenvalue weighted by atomic mass is 9.50. The number of carbonyl (C=O) groups excluding carboxylic acids is 1. The van der Waals surface area contributed by atoms with Crippen molar-refractivity contribution in [2.24, 2.45) is 11.8 Å². The average molecular weight is 389 g/mol. The van der Waals surface area contributed by atoms with Gasteiger partial charge in [0.15, 0.2) is 6.33 Å². The Bertz CT molecular complexity index is 1010. The summed E-state index contributed by atoms with van der Waals surface area (Å²) in [5.41, 5.74) is 2.39. The van der Waals surface area contributed by atoms with Gasteiger partial charge in [0.25, 0.3) is 5.91 Å². The topological polar surface area (TPSA) is 101 Å². The molecule has 4 atom stereocenters. The van der Waals surface area contributed by atoms with Crippen LogP contribution < -0.4 is 5.32 Å². The number of rotatable bonds is 4. The lowest BCUT2D eigenvalue weighted by Gasteiger charge is -2.61. The number of aromatic nitrogens is 6. The van der Waals surface area contributed by atoms with Crippen LogP contribution in [0.25, 0.3) is 11.3 Å². The van der Waals surface area contributed by atoms with E-state index in [1.165, 1.54) is 12.7 Å². The minimum atomic E-state index is -0.170. The molecule has 4 bridgehead atoms. The molecule has 2 N–H and O–H groups in total. The third kappa shape index (κ3) is 2.69. The van der Waals surface area contributed by atoms with Crippen LogP contribution in [0, 0.1) is 11.8 Å². The molecule has 0 saturated heterocycles. The highest BCUT2D eigenvalue weighted by Crippen LogP contribution is 2.60. The molecule has 0 aliphatic heterocycles. The van der Waals surface area contributed by atoms with Gasteiger partial charge in [0.05, 0.1) is 11.2 Å². The lowest BCUT2D eigenvalue weighted by Crippen LogP contribution is -2.66. The Morgan fingerprint density at radius 3 is 2.55 bits per heavy atom. The molecule has 1 amide bonds. The smallest absolute Gasteiger partial charge is 0.251 e. The zero-order valence-electron chi connectivity index (χ0n) is 16.1. The molecule has 3 aromatic rings. The van der Waals surface area contributed by atoms with Gasteiger partial charge in [-0.05, 0) is 79.3 Å². The van der Waals surface area contributed by atoms with Gasteiger partial charge in [-0.1, -0.05) is 12.1 Å². The minimum absolute atomic E-state index is 0.00445. The number of benzene rings is 1. The van der Waals surface area contributed by atoms with Crippen molar-refractivity contribution >= 4 is 5.91 Å². The molecule has 2 aromatic heterocycles. The maximum absolute atomic E-state index is 13.1. The van der Waals surface area contributed by atoms with Crippen molar-refractivity contribution in [1.82, 2.24) is 35.7 Å². The quantitative estimate of drug-likeness (QED) is 0.714. The monoisotopic (exact) mass is 389 g/mol. The predicted molar refractivity (Wildman–Crippen MR) is 105 cm³/mol. The average Bonchev–Trinajstić information content (AvgIpc) is 3.41. The van der Waals surface area contributed by atoms with E-state index in [1.54, 1.807) is 6.20 Å². The van der Waals surface area contributed by atoms with Crippen molar-refractivity contribution in [3.63, 3.8) is 0 Å². The van der Waals surface area contributed by atoms with Gasteiger partial charge in [-0.3, -0.25) is 9.89 Å². The Hall–Kier alpha value is -3.03. The van der Waals surface area contributed by atoms with E-state index < -0.39 is 0 Å². The summed E-state index contributed by atoms with van der Waals surface area (Å²) in [5, 5.41) is 22.9. The number of tetrazole rings is 1. The number of aromatic amines is 1. The molecule has 8 heteroatoms.